The molecule has 0 aliphatic rings. The van der Waals surface area contributed by atoms with Crippen LogP contribution in [0.1, 0.15) is 52.1 Å². The Kier molecular flexibility index (Phi) is 3.67. The van der Waals surface area contributed by atoms with Crippen molar-refractivity contribution in [3.63, 3.8) is 0 Å². The minimum atomic E-state index is -2.89. The fourth-order valence-corrected chi connectivity index (χ4v) is 1.31. The number of rotatable bonds is 3. The number of amides is 1. The molecule has 0 heterocycles. The van der Waals surface area contributed by atoms with Gasteiger partial charge in [0.25, 0.3) is 0 Å². The molecule has 1 N–H and O–H groups in total. The van der Waals surface area contributed by atoms with E-state index in [4.69, 9.17) is 8.85 Å². The van der Waals surface area contributed by atoms with E-state index in [1.807, 2.05) is 0 Å². The summed E-state index contributed by atoms with van der Waals surface area (Å²) in [4.78, 5) is 23.9. The van der Waals surface area contributed by atoms with Crippen LogP contribution < -0.4 is 0 Å². The second-order valence-electron chi connectivity index (χ2n) is 6.47. The lowest BCUT2D eigenvalue weighted by Crippen LogP contribution is -2.46. The van der Waals surface area contributed by atoms with Gasteiger partial charge in [-0.15, -0.1) is 0 Å². The number of hydrogen-bond donors (Lipinski definition) is 1. The molecule has 0 fully saturated rings. The Balaban J connectivity index is 5.57. The fourth-order valence-electron chi connectivity index (χ4n) is 1.31. The van der Waals surface area contributed by atoms with Crippen molar-refractivity contribution in [2.24, 2.45) is 5.41 Å². The van der Waals surface area contributed by atoms with Crippen molar-refractivity contribution >= 4 is 12.1 Å². The number of ether oxygens (including phenoxy) is 1. The Hall–Kier alpha value is -1.26. The SMILES string of the molecule is [2H]C([2H])([2H])N(C(=O)OC(C)(C)C)[C@@H](CC(C)(C)C)C(=O)O. The number of nitrogens with zero attached hydrogens (tertiary/aromatic N) is 1. The number of carboxylic acid groups (broad SMARTS) is 1. The average molecular weight is 262 g/mol. The summed E-state index contributed by atoms with van der Waals surface area (Å²) < 4.78 is 27.4. The molecule has 0 aromatic heterocycles. The molecule has 0 aliphatic heterocycles. The van der Waals surface area contributed by atoms with Gasteiger partial charge in [0.1, 0.15) is 11.6 Å². The van der Waals surface area contributed by atoms with E-state index in [2.05, 4.69) is 0 Å². The first-order chi connectivity index (χ1) is 9.04. The van der Waals surface area contributed by atoms with Crippen molar-refractivity contribution in [1.29, 1.82) is 0 Å². The van der Waals surface area contributed by atoms with E-state index in [0.29, 0.717) is 4.90 Å². The Labute approximate surface area is 113 Å². The monoisotopic (exact) mass is 262 g/mol. The smallest absolute Gasteiger partial charge is 0.410 e. The molecular weight excluding hydrogens is 234 g/mol. The molecule has 0 bridgehead atoms. The number of likely N-dealkylation sites (N-methyl/N-ethyl adjacent to an activating group) is 1. The van der Waals surface area contributed by atoms with Crippen molar-refractivity contribution in [2.75, 3.05) is 6.98 Å². The fraction of sp³-hybridized carbons (Fsp3) is 0.846. The number of carbonyl (C=O) groups excluding carboxylic acids is 1. The normalized spacial score (nSPS) is 17.1. The van der Waals surface area contributed by atoms with Crippen LogP contribution >= 0.6 is 0 Å². The highest BCUT2D eigenvalue weighted by molar-refractivity contribution is 5.80. The van der Waals surface area contributed by atoms with Crippen LogP contribution in [0.15, 0.2) is 0 Å². The van der Waals surface area contributed by atoms with E-state index in [1.54, 1.807) is 41.5 Å². The molecule has 0 rings (SSSR count). The maximum absolute atomic E-state index is 12.1. The number of hydrogen-bond acceptors (Lipinski definition) is 3. The first-order valence-electron chi connectivity index (χ1n) is 7.30. The lowest BCUT2D eigenvalue weighted by atomic mass is 9.87. The van der Waals surface area contributed by atoms with Crippen LogP contribution in [0.5, 0.6) is 0 Å². The van der Waals surface area contributed by atoms with Crippen LogP contribution in [0.4, 0.5) is 4.79 Å². The molecule has 0 aromatic carbocycles. The van der Waals surface area contributed by atoms with Crippen molar-refractivity contribution in [3.8, 4) is 0 Å². The summed E-state index contributed by atoms with van der Waals surface area (Å²) in [5.41, 5.74) is -1.38. The van der Waals surface area contributed by atoms with E-state index in [1.165, 1.54) is 0 Å². The molecule has 0 aliphatic carbocycles. The summed E-state index contributed by atoms with van der Waals surface area (Å²) in [7, 11) is 0. The summed E-state index contributed by atoms with van der Waals surface area (Å²) in [5, 5.41) is 9.32. The minimum absolute atomic E-state index is 0.0000335. The van der Waals surface area contributed by atoms with Gasteiger partial charge in [0.05, 0.1) is 0 Å². The molecule has 18 heavy (non-hydrogen) atoms. The molecule has 5 nitrogen and oxygen atoms in total. The summed E-state index contributed by atoms with van der Waals surface area (Å²) >= 11 is 0. The van der Waals surface area contributed by atoms with Crippen LogP contribution in [0.2, 0.25) is 0 Å². The second-order valence-corrected chi connectivity index (χ2v) is 6.47. The van der Waals surface area contributed by atoms with E-state index in [9.17, 15) is 14.7 Å². The van der Waals surface area contributed by atoms with Crippen LogP contribution in [-0.2, 0) is 9.53 Å². The largest absolute Gasteiger partial charge is 0.480 e. The zero-order valence-electron chi connectivity index (χ0n) is 14.9. The quantitative estimate of drug-likeness (QED) is 0.849. The standard InChI is InChI=1S/C13H25NO4/c1-12(2,3)8-9(10(15)16)14(7)11(17)18-13(4,5)6/h9H,8H2,1-7H3,(H,15,16)/t9-/m0/s1/i7D3. The number of carboxylic acids is 1. The highest BCUT2D eigenvalue weighted by atomic mass is 16.6. The van der Waals surface area contributed by atoms with Gasteiger partial charge in [-0.05, 0) is 32.6 Å². The van der Waals surface area contributed by atoms with Gasteiger partial charge in [-0.1, -0.05) is 20.8 Å². The van der Waals surface area contributed by atoms with Gasteiger partial charge in [0.15, 0.2) is 0 Å². The molecule has 0 spiro atoms. The highest BCUT2D eigenvalue weighted by Gasteiger charge is 2.33. The number of aliphatic carboxylic acids is 1. The van der Waals surface area contributed by atoms with Crippen LogP contribution in [0.25, 0.3) is 0 Å². The first-order valence-corrected chi connectivity index (χ1v) is 5.80. The molecule has 0 unspecified atom stereocenters. The predicted octanol–water partition coefficient (Wildman–Crippen LogP) is 2.74. The highest BCUT2D eigenvalue weighted by Crippen LogP contribution is 2.24. The third-order valence-electron chi connectivity index (χ3n) is 1.99. The van der Waals surface area contributed by atoms with E-state index in [0.717, 1.165) is 0 Å². The topological polar surface area (TPSA) is 66.8 Å². The maximum Gasteiger partial charge on any atom is 0.410 e. The molecule has 0 saturated carbocycles. The second kappa shape index (κ2) is 5.59. The van der Waals surface area contributed by atoms with Crippen molar-refractivity contribution in [2.45, 2.75) is 59.6 Å². The van der Waals surface area contributed by atoms with Gasteiger partial charge < -0.3 is 9.84 Å². The Morgan fingerprint density at radius 1 is 1.28 bits per heavy atom. The Bertz CT molecular complexity index is 394. The molecule has 106 valence electrons. The van der Waals surface area contributed by atoms with E-state index < -0.39 is 36.1 Å². The van der Waals surface area contributed by atoms with Gasteiger partial charge in [-0.25, -0.2) is 9.59 Å². The van der Waals surface area contributed by atoms with Crippen molar-refractivity contribution in [3.05, 3.63) is 0 Å². The molecule has 1 amide bonds. The number of carbonyl (C=O) groups is 2. The first kappa shape index (κ1) is 11.8. The van der Waals surface area contributed by atoms with E-state index in [-0.39, 0.29) is 6.42 Å². The van der Waals surface area contributed by atoms with Crippen LogP contribution in [-0.4, -0.2) is 40.7 Å². The zero-order chi connectivity index (χ0) is 17.2. The van der Waals surface area contributed by atoms with Gasteiger partial charge in [-0.3, -0.25) is 4.90 Å². The summed E-state index contributed by atoms with van der Waals surface area (Å²) in [6.07, 6.45) is -1.15. The molecule has 1 atom stereocenters. The Morgan fingerprint density at radius 2 is 1.78 bits per heavy atom. The van der Waals surface area contributed by atoms with Crippen LogP contribution in [0, 0.1) is 5.41 Å². The summed E-state index contributed by atoms with van der Waals surface area (Å²) in [5.74, 6) is -1.37. The Morgan fingerprint density at radius 3 is 2.06 bits per heavy atom. The molecule has 0 saturated heterocycles. The summed E-state index contributed by atoms with van der Waals surface area (Å²) in [6, 6.07) is -1.48. The predicted molar refractivity (Wildman–Crippen MR) is 69.5 cm³/mol. The third-order valence-corrected chi connectivity index (χ3v) is 1.99. The van der Waals surface area contributed by atoms with Crippen molar-refractivity contribution < 1.29 is 23.5 Å². The van der Waals surface area contributed by atoms with E-state index >= 15 is 0 Å². The minimum Gasteiger partial charge on any atom is -0.480 e. The lowest BCUT2D eigenvalue weighted by molar-refractivity contribution is -0.143. The summed E-state index contributed by atoms with van der Waals surface area (Å²) in [6.45, 7) is 7.18. The van der Waals surface area contributed by atoms with Crippen molar-refractivity contribution in [1.82, 2.24) is 4.90 Å². The third kappa shape index (κ3) is 6.47. The molecule has 0 radical (unpaired) electrons. The average Bonchev–Trinajstić information content (AvgIpc) is 2.08. The maximum atomic E-state index is 12.1. The molecule has 5 heteroatoms. The van der Waals surface area contributed by atoms with Crippen LogP contribution in [0.3, 0.4) is 0 Å². The molecular formula is C13H25NO4. The van der Waals surface area contributed by atoms with Gasteiger partial charge in [0.2, 0.25) is 0 Å². The lowest BCUT2D eigenvalue weighted by Gasteiger charge is -2.31. The zero-order valence-corrected chi connectivity index (χ0v) is 11.9. The van der Waals surface area contributed by atoms with Gasteiger partial charge in [-0.2, -0.15) is 0 Å². The molecule has 0 aromatic rings. The van der Waals surface area contributed by atoms with Gasteiger partial charge in [0, 0.05) is 11.1 Å². The van der Waals surface area contributed by atoms with Gasteiger partial charge >= 0.3 is 12.1 Å².